The number of benzene rings is 3. The monoisotopic (exact) mass is 505 g/mol. The van der Waals surface area contributed by atoms with Crippen LogP contribution in [0.1, 0.15) is 23.6 Å². The Morgan fingerprint density at radius 3 is 2.18 bits per heavy atom. The molecule has 0 aliphatic carbocycles. The van der Waals surface area contributed by atoms with Crippen LogP contribution in [0.15, 0.2) is 66.7 Å². The zero-order valence-electron chi connectivity index (χ0n) is 17.7. The van der Waals surface area contributed by atoms with E-state index in [2.05, 4.69) is 5.32 Å². The topological polar surface area (TPSA) is 21.3 Å². The van der Waals surface area contributed by atoms with Gasteiger partial charge in [-0.05, 0) is 53.9 Å². The zero-order valence-corrected chi connectivity index (χ0v) is 18.5. The molecule has 34 heavy (non-hydrogen) atoms. The van der Waals surface area contributed by atoms with Crippen LogP contribution in [0, 0.1) is 0 Å². The normalized spacial score (nSPS) is 12.5. The lowest BCUT2D eigenvalue weighted by Crippen LogP contribution is -2.50. The minimum atomic E-state index is -6.40. The van der Waals surface area contributed by atoms with Crippen molar-refractivity contribution in [2.24, 2.45) is 0 Å². The molecule has 3 aromatic rings. The van der Waals surface area contributed by atoms with Crippen LogP contribution in [-0.2, 0) is 18.9 Å². The average molecular weight is 506 g/mol. The molecule has 182 valence electrons. The fourth-order valence-corrected chi connectivity index (χ4v) is 3.38. The molecule has 0 aliphatic heterocycles. The van der Waals surface area contributed by atoms with Gasteiger partial charge in [0, 0.05) is 28.9 Å². The van der Waals surface area contributed by atoms with Crippen molar-refractivity contribution in [3.63, 3.8) is 0 Å². The molecule has 1 N–H and O–H groups in total. The number of halogens is 8. The highest BCUT2D eigenvalue weighted by molar-refractivity contribution is 6.31. The van der Waals surface area contributed by atoms with Gasteiger partial charge in [0.15, 0.2) is 0 Å². The Kier molecular flexibility index (Phi) is 7.35. The predicted molar refractivity (Wildman–Crippen MR) is 116 cm³/mol. The van der Waals surface area contributed by atoms with Crippen molar-refractivity contribution in [1.82, 2.24) is 0 Å². The Hall–Kier alpha value is -2.94. The van der Waals surface area contributed by atoms with Gasteiger partial charge in [0.1, 0.15) is 11.5 Å². The van der Waals surface area contributed by atoms with Crippen molar-refractivity contribution < 1.29 is 35.5 Å². The maximum absolute atomic E-state index is 14.0. The zero-order chi connectivity index (χ0) is 25.1. The number of hydrogen-bond acceptors (Lipinski definition) is 2. The highest BCUT2D eigenvalue weighted by Crippen LogP contribution is 2.51. The van der Waals surface area contributed by atoms with E-state index < -0.39 is 23.6 Å². The molecule has 0 atom stereocenters. The number of hydrogen-bond donors (Lipinski definition) is 1. The van der Waals surface area contributed by atoms with E-state index in [-0.39, 0.29) is 12.1 Å². The summed E-state index contributed by atoms with van der Waals surface area (Å²) in [5, 5.41) is 3.53. The van der Waals surface area contributed by atoms with E-state index in [4.69, 9.17) is 16.3 Å². The molecule has 0 saturated heterocycles. The number of anilines is 1. The van der Waals surface area contributed by atoms with Crippen LogP contribution in [0.3, 0.4) is 0 Å². The second-order valence-corrected chi connectivity index (χ2v) is 7.84. The summed E-state index contributed by atoms with van der Waals surface area (Å²) in [6.07, 6.45) is -5.68. The summed E-state index contributed by atoms with van der Waals surface area (Å²) in [5.74, 6) is -10.6. The minimum absolute atomic E-state index is 0.0896. The van der Waals surface area contributed by atoms with Crippen LogP contribution in [0.25, 0.3) is 0 Å². The fourth-order valence-electron chi connectivity index (χ4n) is 3.13. The first kappa shape index (κ1) is 25.7. The Bertz CT molecular complexity index is 1150. The molecule has 3 aromatic carbocycles. The summed E-state index contributed by atoms with van der Waals surface area (Å²) in [7, 11) is 0. The molecule has 0 bridgehead atoms. The number of alkyl halides is 7. The van der Waals surface area contributed by atoms with Crippen molar-refractivity contribution >= 4 is 17.3 Å². The van der Waals surface area contributed by atoms with Gasteiger partial charge in [0.2, 0.25) is 0 Å². The third-order valence-corrected chi connectivity index (χ3v) is 5.37. The summed E-state index contributed by atoms with van der Waals surface area (Å²) in [6.45, 7) is 1.84. The molecule has 0 unspecified atom stereocenters. The van der Waals surface area contributed by atoms with Gasteiger partial charge < -0.3 is 10.1 Å². The largest absolute Gasteiger partial charge is 0.460 e. The van der Waals surface area contributed by atoms with E-state index in [1.807, 2.05) is 6.92 Å². The van der Waals surface area contributed by atoms with Gasteiger partial charge in [-0.1, -0.05) is 42.8 Å². The van der Waals surface area contributed by atoms with Gasteiger partial charge in [-0.2, -0.15) is 30.7 Å². The molecular weight excluding hydrogens is 487 g/mol. The van der Waals surface area contributed by atoms with E-state index in [0.29, 0.717) is 40.8 Å². The third-order valence-electron chi connectivity index (χ3n) is 5.00. The Morgan fingerprint density at radius 2 is 1.50 bits per heavy atom. The number of rotatable bonds is 8. The molecule has 0 spiro atoms. The highest BCUT2D eigenvalue weighted by atomic mass is 35.5. The lowest BCUT2D eigenvalue weighted by molar-refractivity contribution is -0.359. The standard InChI is InChI=1S/C24H19ClF7NO/c1-2-16-12-20(9-10-21(16)25)34-19-8-4-7-18(13-19)33-14-15-5-3-6-17(11-15)22(26,27)23(28,29)24(30,31)32/h3-13,33H,2,14H2,1H3. The van der Waals surface area contributed by atoms with Gasteiger partial charge in [-0.15, -0.1) is 0 Å². The van der Waals surface area contributed by atoms with Crippen LogP contribution in [0.5, 0.6) is 11.5 Å². The van der Waals surface area contributed by atoms with E-state index in [1.54, 1.807) is 42.5 Å². The van der Waals surface area contributed by atoms with Crippen LogP contribution >= 0.6 is 11.6 Å². The summed E-state index contributed by atoms with van der Waals surface area (Å²) in [4.78, 5) is 0. The summed E-state index contributed by atoms with van der Waals surface area (Å²) in [6, 6.07) is 15.3. The van der Waals surface area contributed by atoms with Gasteiger partial charge in [-0.25, -0.2) is 0 Å². The van der Waals surface area contributed by atoms with Crippen molar-refractivity contribution in [2.45, 2.75) is 37.9 Å². The van der Waals surface area contributed by atoms with Crippen LogP contribution in [0.4, 0.5) is 36.4 Å². The summed E-state index contributed by atoms with van der Waals surface area (Å²) in [5.41, 5.74) is 0.0774. The van der Waals surface area contributed by atoms with Crippen molar-refractivity contribution in [3.05, 3.63) is 88.4 Å². The first-order valence-corrected chi connectivity index (χ1v) is 10.4. The van der Waals surface area contributed by atoms with E-state index in [9.17, 15) is 30.7 Å². The SMILES string of the molecule is CCc1cc(Oc2cccc(NCc3cccc(C(F)(F)C(F)(F)C(F)(F)F)c3)c2)ccc1Cl. The van der Waals surface area contributed by atoms with Gasteiger partial charge in [0.05, 0.1) is 0 Å². The average Bonchev–Trinajstić information content (AvgIpc) is 2.78. The fraction of sp³-hybridized carbons (Fsp3) is 0.250. The van der Waals surface area contributed by atoms with Gasteiger partial charge in [0.25, 0.3) is 0 Å². The van der Waals surface area contributed by atoms with Crippen LogP contribution in [0.2, 0.25) is 5.02 Å². The molecule has 10 heteroatoms. The summed E-state index contributed by atoms with van der Waals surface area (Å²) < 4.78 is 98.0. The molecule has 0 aliphatic rings. The van der Waals surface area contributed by atoms with Crippen LogP contribution < -0.4 is 10.1 Å². The van der Waals surface area contributed by atoms with Crippen LogP contribution in [-0.4, -0.2) is 12.1 Å². The molecule has 0 saturated carbocycles. The number of aryl methyl sites for hydroxylation is 1. The second kappa shape index (κ2) is 9.74. The molecule has 0 heterocycles. The first-order valence-electron chi connectivity index (χ1n) is 10.1. The first-order chi connectivity index (χ1) is 15.8. The van der Waals surface area contributed by atoms with Gasteiger partial charge in [-0.3, -0.25) is 0 Å². The number of ether oxygens (including phenoxy) is 1. The highest BCUT2D eigenvalue weighted by Gasteiger charge is 2.73. The maximum Gasteiger partial charge on any atom is 0.460 e. The lowest BCUT2D eigenvalue weighted by Gasteiger charge is -2.28. The Morgan fingerprint density at radius 1 is 0.824 bits per heavy atom. The van der Waals surface area contributed by atoms with E-state index in [1.165, 1.54) is 6.07 Å². The summed E-state index contributed by atoms with van der Waals surface area (Å²) >= 11 is 6.10. The van der Waals surface area contributed by atoms with E-state index in [0.717, 1.165) is 11.6 Å². The molecule has 0 fully saturated rings. The molecule has 0 amide bonds. The maximum atomic E-state index is 14.0. The number of nitrogens with one attached hydrogen (secondary N) is 1. The molecular formula is C24H19ClF7NO. The predicted octanol–water partition coefficient (Wildman–Crippen LogP) is 8.60. The Labute approximate surface area is 196 Å². The smallest absolute Gasteiger partial charge is 0.457 e. The minimum Gasteiger partial charge on any atom is -0.457 e. The third kappa shape index (κ3) is 5.41. The van der Waals surface area contributed by atoms with Crippen molar-refractivity contribution in [1.29, 1.82) is 0 Å². The molecule has 2 nitrogen and oxygen atoms in total. The second-order valence-electron chi connectivity index (χ2n) is 7.44. The lowest BCUT2D eigenvalue weighted by atomic mass is 9.99. The van der Waals surface area contributed by atoms with E-state index >= 15 is 0 Å². The quantitative estimate of drug-likeness (QED) is 0.309. The molecule has 0 radical (unpaired) electrons. The Balaban J connectivity index is 1.73. The van der Waals surface area contributed by atoms with Crippen molar-refractivity contribution in [2.75, 3.05) is 5.32 Å². The molecule has 3 rings (SSSR count). The van der Waals surface area contributed by atoms with Gasteiger partial charge >= 0.3 is 18.0 Å². The molecule has 0 aromatic heterocycles. The van der Waals surface area contributed by atoms with Crippen molar-refractivity contribution in [3.8, 4) is 11.5 Å².